The molecule has 2 aromatic heterocycles. The fourth-order valence-electron chi connectivity index (χ4n) is 1.60. The number of hydrogen-bond donors (Lipinski definition) is 2. The van der Waals surface area contributed by atoms with Gasteiger partial charge in [0.1, 0.15) is 5.69 Å². The van der Waals surface area contributed by atoms with Gasteiger partial charge < -0.3 is 5.11 Å². The second kappa shape index (κ2) is 4.37. The maximum absolute atomic E-state index is 10.7. The fraction of sp³-hybridized carbons (Fsp3) is 0.250. The monoisotopic (exact) mass is 231 g/mol. The lowest BCUT2D eigenvalue weighted by Gasteiger charge is -2.04. The SMILES string of the molecule is CC(C)c1c[nH]nc1-c1ccc(C(=O)O)cn1. The average molecular weight is 231 g/mol. The van der Waals surface area contributed by atoms with Gasteiger partial charge in [-0.2, -0.15) is 5.10 Å². The molecular weight excluding hydrogens is 218 g/mol. The number of carboxylic acid groups (broad SMARTS) is 1. The summed E-state index contributed by atoms with van der Waals surface area (Å²) in [6.07, 6.45) is 3.18. The van der Waals surface area contributed by atoms with E-state index in [9.17, 15) is 4.79 Å². The number of nitrogens with one attached hydrogen (secondary N) is 1. The number of carbonyl (C=O) groups is 1. The molecule has 0 amide bonds. The highest BCUT2D eigenvalue weighted by Gasteiger charge is 2.13. The lowest BCUT2D eigenvalue weighted by Crippen LogP contribution is -1.98. The highest BCUT2D eigenvalue weighted by atomic mass is 16.4. The van der Waals surface area contributed by atoms with Gasteiger partial charge in [0.2, 0.25) is 0 Å². The average Bonchev–Trinajstić information content (AvgIpc) is 2.78. The molecule has 2 rings (SSSR count). The summed E-state index contributed by atoms with van der Waals surface area (Å²) in [6, 6.07) is 3.20. The molecule has 0 bridgehead atoms. The van der Waals surface area contributed by atoms with Crippen LogP contribution < -0.4 is 0 Å². The van der Waals surface area contributed by atoms with Crippen LogP contribution in [-0.4, -0.2) is 26.3 Å². The predicted molar refractivity (Wildman–Crippen MR) is 62.9 cm³/mol. The van der Waals surface area contributed by atoms with Crippen molar-refractivity contribution in [2.75, 3.05) is 0 Å². The van der Waals surface area contributed by atoms with Crippen molar-refractivity contribution in [3.05, 3.63) is 35.7 Å². The van der Waals surface area contributed by atoms with E-state index in [0.29, 0.717) is 11.6 Å². The van der Waals surface area contributed by atoms with E-state index < -0.39 is 5.97 Å². The Kier molecular flexibility index (Phi) is 2.91. The summed E-state index contributed by atoms with van der Waals surface area (Å²) >= 11 is 0. The third-order valence-electron chi connectivity index (χ3n) is 2.54. The van der Waals surface area contributed by atoms with Gasteiger partial charge in [-0.1, -0.05) is 13.8 Å². The lowest BCUT2D eigenvalue weighted by atomic mass is 10.0. The summed E-state index contributed by atoms with van der Waals surface area (Å²) in [6.45, 7) is 4.14. The van der Waals surface area contributed by atoms with Gasteiger partial charge in [-0.15, -0.1) is 0 Å². The van der Waals surface area contributed by atoms with Crippen LogP contribution in [0, 0.1) is 0 Å². The van der Waals surface area contributed by atoms with Crippen LogP contribution in [-0.2, 0) is 0 Å². The quantitative estimate of drug-likeness (QED) is 0.849. The second-order valence-electron chi connectivity index (χ2n) is 4.08. The van der Waals surface area contributed by atoms with Crippen LogP contribution in [0.1, 0.15) is 35.7 Å². The summed E-state index contributed by atoms with van der Waals surface area (Å²) < 4.78 is 0. The van der Waals surface area contributed by atoms with Gasteiger partial charge in [-0.05, 0) is 18.1 Å². The van der Waals surface area contributed by atoms with Crippen molar-refractivity contribution in [3.63, 3.8) is 0 Å². The fourth-order valence-corrected chi connectivity index (χ4v) is 1.60. The molecule has 17 heavy (non-hydrogen) atoms. The number of aromatic amines is 1. The Labute approximate surface area is 98.5 Å². The number of H-pyrrole nitrogens is 1. The minimum Gasteiger partial charge on any atom is -0.478 e. The molecule has 0 radical (unpaired) electrons. The Bertz CT molecular complexity index is 529. The van der Waals surface area contributed by atoms with E-state index in [1.807, 2.05) is 6.20 Å². The van der Waals surface area contributed by atoms with Gasteiger partial charge in [0.25, 0.3) is 0 Å². The first-order chi connectivity index (χ1) is 8.09. The number of hydrogen-bond acceptors (Lipinski definition) is 3. The van der Waals surface area contributed by atoms with Crippen LogP contribution in [0.5, 0.6) is 0 Å². The standard InChI is InChI=1S/C12H13N3O2/c1-7(2)9-6-14-15-11(9)10-4-3-8(5-13-10)12(16)17/h3-7H,1-2H3,(H,14,15)(H,16,17). The molecule has 0 fully saturated rings. The van der Waals surface area contributed by atoms with Crippen molar-refractivity contribution < 1.29 is 9.90 Å². The Morgan fingerprint density at radius 3 is 2.71 bits per heavy atom. The van der Waals surface area contributed by atoms with E-state index in [-0.39, 0.29) is 5.56 Å². The summed E-state index contributed by atoms with van der Waals surface area (Å²) in [7, 11) is 0. The Morgan fingerprint density at radius 1 is 1.41 bits per heavy atom. The van der Waals surface area contributed by atoms with E-state index in [1.54, 1.807) is 6.07 Å². The molecule has 2 aromatic rings. The first kappa shape index (κ1) is 11.3. The zero-order valence-electron chi connectivity index (χ0n) is 9.64. The van der Waals surface area contributed by atoms with E-state index in [1.165, 1.54) is 12.3 Å². The highest BCUT2D eigenvalue weighted by molar-refractivity contribution is 5.87. The third-order valence-corrected chi connectivity index (χ3v) is 2.54. The molecule has 2 N–H and O–H groups in total. The Hall–Kier alpha value is -2.17. The normalized spacial score (nSPS) is 10.8. The van der Waals surface area contributed by atoms with Crippen molar-refractivity contribution in [1.82, 2.24) is 15.2 Å². The summed E-state index contributed by atoms with van der Waals surface area (Å²) in [5.41, 5.74) is 2.70. The number of nitrogens with zero attached hydrogens (tertiary/aromatic N) is 2. The van der Waals surface area contributed by atoms with Crippen molar-refractivity contribution in [1.29, 1.82) is 0 Å². The topological polar surface area (TPSA) is 78.9 Å². The predicted octanol–water partition coefficient (Wildman–Crippen LogP) is 2.29. The minimum atomic E-state index is -0.977. The van der Waals surface area contributed by atoms with Crippen molar-refractivity contribution >= 4 is 5.97 Å². The molecule has 5 heteroatoms. The first-order valence-corrected chi connectivity index (χ1v) is 5.33. The van der Waals surface area contributed by atoms with Crippen LogP contribution in [0.4, 0.5) is 0 Å². The Morgan fingerprint density at radius 2 is 2.18 bits per heavy atom. The summed E-state index contributed by atoms with van der Waals surface area (Å²) in [5.74, 6) is -0.639. The minimum absolute atomic E-state index is 0.176. The van der Waals surface area contributed by atoms with E-state index >= 15 is 0 Å². The number of aromatic carboxylic acids is 1. The molecule has 5 nitrogen and oxygen atoms in total. The van der Waals surface area contributed by atoms with E-state index in [4.69, 9.17) is 5.11 Å². The smallest absolute Gasteiger partial charge is 0.337 e. The molecule has 88 valence electrons. The van der Waals surface area contributed by atoms with Crippen molar-refractivity contribution in [3.8, 4) is 11.4 Å². The molecule has 0 saturated carbocycles. The van der Waals surface area contributed by atoms with Gasteiger partial charge in [0, 0.05) is 18.0 Å². The number of carboxylic acids is 1. The number of aromatic nitrogens is 3. The molecule has 0 saturated heterocycles. The molecule has 0 aromatic carbocycles. The van der Waals surface area contributed by atoms with E-state index in [2.05, 4.69) is 29.0 Å². The zero-order chi connectivity index (χ0) is 12.4. The van der Waals surface area contributed by atoms with Gasteiger partial charge in [0.05, 0.1) is 11.3 Å². The van der Waals surface area contributed by atoms with Crippen LogP contribution in [0.15, 0.2) is 24.5 Å². The lowest BCUT2D eigenvalue weighted by molar-refractivity contribution is 0.0696. The zero-order valence-corrected chi connectivity index (χ0v) is 9.64. The van der Waals surface area contributed by atoms with Crippen molar-refractivity contribution in [2.45, 2.75) is 19.8 Å². The van der Waals surface area contributed by atoms with Crippen LogP contribution in [0.25, 0.3) is 11.4 Å². The molecule has 0 unspecified atom stereocenters. The largest absolute Gasteiger partial charge is 0.478 e. The third kappa shape index (κ3) is 2.18. The molecule has 0 aliphatic heterocycles. The maximum Gasteiger partial charge on any atom is 0.337 e. The maximum atomic E-state index is 10.7. The summed E-state index contributed by atoms with van der Waals surface area (Å²) in [5, 5.41) is 15.7. The molecular formula is C12H13N3O2. The molecule has 0 spiro atoms. The first-order valence-electron chi connectivity index (χ1n) is 5.33. The summed E-state index contributed by atoms with van der Waals surface area (Å²) in [4.78, 5) is 14.8. The number of rotatable bonds is 3. The number of pyridine rings is 1. The van der Waals surface area contributed by atoms with Gasteiger partial charge in [-0.25, -0.2) is 4.79 Å². The van der Waals surface area contributed by atoms with Gasteiger partial charge in [0.15, 0.2) is 0 Å². The van der Waals surface area contributed by atoms with Crippen molar-refractivity contribution in [2.24, 2.45) is 0 Å². The molecule has 0 aliphatic carbocycles. The molecule has 2 heterocycles. The second-order valence-corrected chi connectivity index (χ2v) is 4.08. The Balaban J connectivity index is 2.40. The van der Waals surface area contributed by atoms with Crippen LogP contribution in [0.3, 0.4) is 0 Å². The van der Waals surface area contributed by atoms with Crippen LogP contribution in [0.2, 0.25) is 0 Å². The van der Waals surface area contributed by atoms with E-state index in [0.717, 1.165) is 11.3 Å². The molecule has 0 aliphatic rings. The van der Waals surface area contributed by atoms with Gasteiger partial charge >= 0.3 is 5.97 Å². The van der Waals surface area contributed by atoms with Crippen LogP contribution >= 0.6 is 0 Å². The molecule has 0 atom stereocenters. The highest BCUT2D eigenvalue weighted by Crippen LogP contribution is 2.25. The van der Waals surface area contributed by atoms with Gasteiger partial charge in [-0.3, -0.25) is 10.1 Å².